The fourth-order valence-electron chi connectivity index (χ4n) is 8.89. The zero-order valence-electron chi connectivity index (χ0n) is 43.8. The summed E-state index contributed by atoms with van der Waals surface area (Å²) in [6.45, 7) is 9.08. The highest BCUT2D eigenvalue weighted by molar-refractivity contribution is 5.71. The van der Waals surface area contributed by atoms with Crippen LogP contribution in [0, 0.1) is 5.92 Å². The van der Waals surface area contributed by atoms with Gasteiger partial charge in [-0.05, 0) is 25.2 Å². The molecule has 0 aromatic carbocycles. The predicted octanol–water partition coefficient (Wildman–Crippen LogP) is 19.0. The minimum absolute atomic E-state index is 0.0620. The summed E-state index contributed by atoms with van der Waals surface area (Å²) in [7, 11) is 0. The molecule has 6 nitrogen and oxygen atoms in total. The lowest BCUT2D eigenvalue weighted by Gasteiger charge is -2.18. The molecule has 64 heavy (non-hydrogen) atoms. The Kier molecular flexibility index (Phi) is 51.1. The SMILES string of the molecule is CCCCCCCCCCCCCCCCCCCC(=O)O[C@@H](COC(=O)CCCCCCCCCCCCCCCCC)COC(=O)CCCCCCCCCCCCC(C)CC. The molecule has 0 rings (SSSR count). The van der Waals surface area contributed by atoms with Crippen LogP contribution in [-0.2, 0) is 28.6 Å². The fraction of sp³-hybridized carbons (Fsp3) is 0.948. The molecule has 0 saturated heterocycles. The van der Waals surface area contributed by atoms with Gasteiger partial charge in [0.15, 0.2) is 6.10 Å². The highest BCUT2D eigenvalue weighted by Gasteiger charge is 2.19. The van der Waals surface area contributed by atoms with E-state index in [-0.39, 0.29) is 31.1 Å². The topological polar surface area (TPSA) is 78.9 Å². The van der Waals surface area contributed by atoms with Crippen molar-refractivity contribution in [3.8, 4) is 0 Å². The molecule has 0 fully saturated rings. The van der Waals surface area contributed by atoms with Gasteiger partial charge in [-0.25, -0.2) is 0 Å². The van der Waals surface area contributed by atoms with Crippen LogP contribution in [0.25, 0.3) is 0 Å². The molecule has 0 aliphatic rings. The van der Waals surface area contributed by atoms with Crippen LogP contribution < -0.4 is 0 Å². The second-order valence-corrected chi connectivity index (χ2v) is 20.2. The molecule has 6 heteroatoms. The van der Waals surface area contributed by atoms with E-state index in [2.05, 4.69) is 27.7 Å². The summed E-state index contributed by atoms with van der Waals surface area (Å²) in [5.41, 5.74) is 0. The molecule has 0 radical (unpaired) electrons. The van der Waals surface area contributed by atoms with Gasteiger partial charge in [-0.15, -0.1) is 0 Å². The first-order chi connectivity index (χ1) is 31.4. The first-order valence-electron chi connectivity index (χ1n) is 28.9. The maximum atomic E-state index is 12.8. The normalized spacial score (nSPS) is 12.4. The molecule has 0 aliphatic carbocycles. The van der Waals surface area contributed by atoms with Crippen LogP contribution in [-0.4, -0.2) is 37.2 Å². The van der Waals surface area contributed by atoms with Crippen LogP contribution in [0.3, 0.4) is 0 Å². The number of unbranched alkanes of at least 4 members (excludes halogenated alkanes) is 39. The average molecular weight is 906 g/mol. The number of esters is 3. The zero-order valence-corrected chi connectivity index (χ0v) is 43.8. The lowest BCUT2D eigenvalue weighted by atomic mass is 9.99. The summed E-state index contributed by atoms with van der Waals surface area (Å²) in [5.74, 6) is 0.0339. The van der Waals surface area contributed by atoms with E-state index in [0.717, 1.165) is 63.7 Å². The molecule has 0 aromatic heterocycles. The van der Waals surface area contributed by atoms with Crippen molar-refractivity contribution in [1.82, 2.24) is 0 Å². The highest BCUT2D eigenvalue weighted by atomic mass is 16.6. The Morgan fingerprint density at radius 3 is 0.812 bits per heavy atom. The van der Waals surface area contributed by atoms with Crippen LogP contribution in [0.2, 0.25) is 0 Å². The minimum Gasteiger partial charge on any atom is -0.462 e. The molecular weight excluding hydrogens is 793 g/mol. The van der Waals surface area contributed by atoms with E-state index >= 15 is 0 Å². The summed E-state index contributed by atoms with van der Waals surface area (Å²) in [6, 6.07) is 0. The summed E-state index contributed by atoms with van der Waals surface area (Å²) in [4.78, 5) is 38.1. The summed E-state index contributed by atoms with van der Waals surface area (Å²) in [6.07, 6.45) is 56.5. The van der Waals surface area contributed by atoms with Gasteiger partial charge in [0.25, 0.3) is 0 Å². The first-order valence-corrected chi connectivity index (χ1v) is 28.9. The lowest BCUT2D eigenvalue weighted by molar-refractivity contribution is -0.167. The van der Waals surface area contributed by atoms with E-state index in [4.69, 9.17) is 14.2 Å². The highest BCUT2D eigenvalue weighted by Crippen LogP contribution is 2.18. The largest absolute Gasteiger partial charge is 0.462 e. The Balaban J connectivity index is 4.30. The standard InChI is InChI=1S/C58H112O6/c1-5-8-10-12-14-16-18-20-22-23-25-27-29-35-39-43-47-51-58(61)64-55(53-63-57(60)50-46-42-38-34-31-30-32-36-40-44-48-54(4)7-3)52-62-56(59)49-45-41-37-33-28-26-24-21-19-17-15-13-11-9-6-2/h54-55H,5-53H2,1-4H3/t54?,55-/m0/s1. The van der Waals surface area contributed by atoms with Gasteiger partial charge in [0.1, 0.15) is 13.2 Å². The van der Waals surface area contributed by atoms with Gasteiger partial charge >= 0.3 is 17.9 Å². The molecule has 1 unspecified atom stereocenters. The van der Waals surface area contributed by atoms with Crippen LogP contribution in [0.1, 0.15) is 329 Å². The smallest absolute Gasteiger partial charge is 0.306 e. The second-order valence-electron chi connectivity index (χ2n) is 20.2. The third-order valence-electron chi connectivity index (χ3n) is 13.7. The molecule has 0 spiro atoms. The molecule has 0 heterocycles. The van der Waals surface area contributed by atoms with Crippen molar-refractivity contribution in [3.05, 3.63) is 0 Å². The van der Waals surface area contributed by atoms with Gasteiger partial charge in [0, 0.05) is 19.3 Å². The molecule has 0 bridgehead atoms. The molecular formula is C58H112O6. The fourth-order valence-corrected chi connectivity index (χ4v) is 8.89. The maximum Gasteiger partial charge on any atom is 0.306 e. The number of hydrogen-bond acceptors (Lipinski definition) is 6. The molecule has 0 saturated carbocycles. The summed E-state index contributed by atoms with van der Waals surface area (Å²) in [5, 5.41) is 0. The summed E-state index contributed by atoms with van der Waals surface area (Å²) >= 11 is 0. The Morgan fingerprint density at radius 2 is 0.547 bits per heavy atom. The lowest BCUT2D eigenvalue weighted by Crippen LogP contribution is -2.30. The van der Waals surface area contributed by atoms with E-state index < -0.39 is 6.10 Å². The Hall–Kier alpha value is -1.59. The predicted molar refractivity (Wildman–Crippen MR) is 275 cm³/mol. The molecule has 2 atom stereocenters. The quantitative estimate of drug-likeness (QED) is 0.0344. The zero-order chi connectivity index (χ0) is 46.7. The van der Waals surface area contributed by atoms with Gasteiger partial charge in [0.05, 0.1) is 0 Å². The van der Waals surface area contributed by atoms with Crippen LogP contribution in [0.5, 0.6) is 0 Å². The second kappa shape index (κ2) is 52.4. The van der Waals surface area contributed by atoms with Crippen molar-refractivity contribution in [2.45, 2.75) is 336 Å². The van der Waals surface area contributed by atoms with E-state index in [9.17, 15) is 14.4 Å². The van der Waals surface area contributed by atoms with Gasteiger partial charge in [-0.1, -0.05) is 291 Å². The molecule has 0 N–H and O–H groups in total. The van der Waals surface area contributed by atoms with Crippen LogP contribution >= 0.6 is 0 Å². The number of rotatable bonds is 53. The molecule has 0 aromatic rings. The Morgan fingerprint density at radius 1 is 0.312 bits per heavy atom. The van der Waals surface area contributed by atoms with E-state index in [0.29, 0.717) is 19.3 Å². The van der Waals surface area contributed by atoms with Crippen molar-refractivity contribution < 1.29 is 28.6 Å². The van der Waals surface area contributed by atoms with E-state index in [1.165, 1.54) is 225 Å². The summed E-state index contributed by atoms with van der Waals surface area (Å²) < 4.78 is 16.9. The number of ether oxygens (including phenoxy) is 3. The molecule has 0 aliphatic heterocycles. The van der Waals surface area contributed by atoms with Crippen molar-refractivity contribution in [2.24, 2.45) is 5.92 Å². The van der Waals surface area contributed by atoms with E-state index in [1.807, 2.05) is 0 Å². The minimum atomic E-state index is -0.762. The van der Waals surface area contributed by atoms with Crippen molar-refractivity contribution in [2.75, 3.05) is 13.2 Å². The molecule has 380 valence electrons. The van der Waals surface area contributed by atoms with Crippen LogP contribution in [0.4, 0.5) is 0 Å². The first kappa shape index (κ1) is 62.4. The average Bonchev–Trinajstić information content (AvgIpc) is 3.29. The van der Waals surface area contributed by atoms with Crippen molar-refractivity contribution in [1.29, 1.82) is 0 Å². The molecule has 0 amide bonds. The van der Waals surface area contributed by atoms with Crippen LogP contribution in [0.15, 0.2) is 0 Å². The Bertz CT molecular complexity index is 966. The van der Waals surface area contributed by atoms with Gasteiger partial charge in [-0.2, -0.15) is 0 Å². The monoisotopic (exact) mass is 905 g/mol. The third-order valence-corrected chi connectivity index (χ3v) is 13.7. The maximum absolute atomic E-state index is 12.8. The van der Waals surface area contributed by atoms with Gasteiger partial charge < -0.3 is 14.2 Å². The van der Waals surface area contributed by atoms with E-state index in [1.54, 1.807) is 0 Å². The Labute approximate surface area is 399 Å². The number of hydrogen-bond donors (Lipinski definition) is 0. The van der Waals surface area contributed by atoms with Crippen molar-refractivity contribution >= 4 is 17.9 Å². The number of carbonyl (C=O) groups is 3. The van der Waals surface area contributed by atoms with Crippen molar-refractivity contribution in [3.63, 3.8) is 0 Å². The third kappa shape index (κ3) is 49.8. The van der Waals surface area contributed by atoms with Gasteiger partial charge in [-0.3, -0.25) is 14.4 Å². The number of carbonyl (C=O) groups excluding carboxylic acids is 3. The van der Waals surface area contributed by atoms with Gasteiger partial charge in [0.2, 0.25) is 0 Å².